The quantitative estimate of drug-likeness (QED) is 0.341. The number of ketones is 1. The maximum atomic E-state index is 12.3. The predicted octanol–water partition coefficient (Wildman–Crippen LogP) is 6.70. The second kappa shape index (κ2) is 8.15. The number of furan rings is 1. The van der Waals surface area contributed by atoms with Crippen LogP contribution >= 0.6 is 22.9 Å². The Bertz CT molecular complexity index is 987. The topological polar surface area (TPSA) is 39.4 Å². The van der Waals surface area contributed by atoms with E-state index < -0.39 is 0 Å². The molecule has 0 bridgehead atoms. The van der Waals surface area contributed by atoms with E-state index in [9.17, 15) is 4.79 Å². The molecule has 0 aliphatic rings. The van der Waals surface area contributed by atoms with Gasteiger partial charge in [0.25, 0.3) is 0 Å². The van der Waals surface area contributed by atoms with Crippen LogP contribution in [0.5, 0.6) is 5.75 Å². The standard InChI is InChI=1S/C22H21ClO3S/c1-13-9-19(10-14(2)22(13)23)25-12-18-6-5-17(26-18)7-8-21(24)20-11-15(3)27-16(20)4/h5-11H,12H2,1-4H3/b8-7+. The zero-order chi connectivity index (χ0) is 19.6. The zero-order valence-electron chi connectivity index (χ0n) is 15.8. The minimum atomic E-state index is -0.0156. The van der Waals surface area contributed by atoms with Crippen molar-refractivity contribution in [2.24, 2.45) is 0 Å². The van der Waals surface area contributed by atoms with Crippen LogP contribution in [0.15, 0.2) is 40.8 Å². The SMILES string of the molecule is Cc1cc(C(=O)/C=C/c2ccc(COc3cc(C)c(Cl)c(C)c3)o2)c(C)s1. The van der Waals surface area contributed by atoms with Crippen molar-refractivity contribution in [2.75, 3.05) is 0 Å². The molecule has 3 aromatic rings. The number of benzene rings is 1. The smallest absolute Gasteiger partial charge is 0.187 e. The summed E-state index contributed by atoms with van der Waals surface area (Å²) in [5.41, 5.74) is 2.71. The first-order valence-corrected chi connectivity index (χ1v) is 9.80. The van der Waals surface area contributed by atoms with Crippen molar-refractivity contribution in [3.63, 3.8) is 0 Å². The van der Waals surface area contributed by atoms with Gasteiger partial charge in [0.2, 0.25) is 0 Å². The van der Waals surface area contributed by atoms with Gasteiger partial charge in [-0.25, -0.2) is 0 Å². The van der Waals surface area contributed by atoms with Crippen molar-refractivity contribution in [3.8, 4) is 5.75 Å². The molecule has 0 unspecified atom stereocenters. The van der Waals surface area contributed by atoms with Crippen LogP contribution in [-0.4, -0.2) is 5.78 Å². The molecule has 3 rings (SSSR count). The third-order valence-electron chi connectivity index (χ3n) is 4.18. The fraction of sp³-hybridized carbons (Fsp3) is 0.227. The summed E-state index contributed by atoms with van der Waals surface area (Å²) in [5.74, 6) is 2.05. The van der Waals surface area contributed by atoms with Gasteiger partial charge in [-0.2, -0.15) is 0 Å². The summed E-state index contributed by atoms with van der Waals surface area (Å²) < 4.78 is 11.5. The Morgan fingerprint density at radius 1 is 1.15 bits per heavy atom. The number of carbonyl (C=O) groups excluding carboxylic acids is 1. The van der Waals surface area contributed by atoms with E-state index in [4.69, 9.17) is 20.8 Å². The molecule has 2 aromatic heterocycles. The van der Waals surface area contributed by atoms with Crippen molar-refractivity contribution >= 4 is 34.8 Å². The lowest BCUT2D eigenvalue weighted by atomic mass is 10.1. The average Bonchev–Trinajstić information content (AvgIpc) is 3.21. The predicted molar refractivity (Wildman–Crippen MR) is 111 cm³/mol. The zero-order valence-corrected chi connectivity index (χ0v) is 17.3. The number of ether oxygens (including phenoxy) is 1. The minimum Gasteiger partial charge on any atom is -0.486 e. The van der Waals surface area contributed by atoms with Crippen molar-refractivity contribution in [1.82, 2.24) is 0 Å². The number of hydrogen-bond acceptors (Lipinski definition) is 4. The first-order chi connectivity index (χ1) is 12.8. The average molecular weight is 401 g/mol. The number of thiophene rings is 1. The van der Waals surface area contributed by atoms with Gasteiger partial charge in [-0.05, 0) is 81.3 Å². The van der Waals surface area contributed by atoms with Crippen molar-refractivity contribution < 1.29 is 13.9 Å². The van der Waals surface area contributed by atoms with Gasteiger partial charge in [0.05, 0.1) is 0 Å². The molecule has 0 spiro atoms. The highest BCUT2D eigenvalue weighted by Crippen LogP contribution is 2.26. The van der Waals surface area contributed by atoms with Gasteiger partial charge >= 0.3 is 0 Å². The molecule has 1 aromatic carbocycles. The molecule has 0 aliphatic heterocycles. The molecule has 0 amide bonds. The van der Waals surface area contributed by atoms with Gasteiger partial charge in [-0.3, -0.25) is 4.79 Å². The highest BCUT2D eigenvalue weighted by Gasteiger charge is 2.10. The highest BCUT2D eigenvalue weighted by molar-refractivity contribution is 7.12. The van der Waals surface area contributed by atoms with E-state index >= 15 is 0 Å². The van der Waals surface area contributed by atoms with Crippen LogP contribution in [-0.2, 0) is 6.61 Å². The van der Waals surface area contributed by atoms with Crippen LogP contribution in [0.2, 0.25) is 5.02 Å². The summed E-state index contributed by atoms with van der Waals surface area (Å²) in [7, 11) is 0. The largest absolute Gasteiger partial charge is 0.486 e. The molecule has 0 saturated heterocycles. The second-order valence-electron chi connectivity index (χ2n) is 6.49. The van der Waals surface area contributed by atoms with Crippen LogP contribution in [0, 0.1) is 27.7 Å². The Kier molecular flexibility index (Phi) is 5.88. The molecule has 3 nitrogen and oxygen atoms in total. The number of rotatable bonds is 6. The van der Waals surface area contributed by atoms with E-state index in [2.05, 4.69) is 0 Å². The summed E-state index contributed by atoms with van der Waals surface area (Å²) in [4.78, 5) is 14.5. The first kappa shape index (κ1) is 19.5. The Hall–Kier alpha value is -2.30. The summed E-state index contributed by atoms with van der Waals surface area (Å²) in [6, 6.07) is 9.41. The number of allylic oxidation sites excluding steroid dienone is 1. The molecule has 2 heterocycles. The summed E-state index contributed by atoms with van der Waals surface area (Å²) in [6.07, 6.45) is 3.23. The highest BCUT2D eigenvalue weighted by atomic mass is 35.5. The van der Waals surface area contributed by atoms with Gasteiger partial charge in [-0.15, -0.1) is 11.3 Å². The van der Waals surface area contributed by atoms with Crippen LogP contribution < -0.4 is 4.74 Å². The number of carbonyl (C=O) groups is 1. The van der Waals surface area contributed by atoms with Gasteiger partial charge < -0.3 is 9.15 Å². The summed E-state index contributed by atoms with van der Waals surface area (Å²) in [5, 5.41) is 0.758. The number of halogens is 1. The van der Waals surface area contributed by atoms with E-state index in [1.165, 1.54) is 0 Å². The maximum absolute atomic E-state index is 12.3. The molecule has 0 aliphatic carbocycles. The van der Waals surface area contributed by atoms with Crippen molar-refractivity contribution in [3.05, 3.63) is 79.4 Å². The van der Waals surface area contributed by atoms with E-state index in [0.29, 0.717) is 18.1 Å². The van der Waals surface area contributed by atoms with Crippen LogP contribution in [0.3, 0.4) is 0 Å². The molecule has 27 heavy (non-hydrogen) atoms. The Morgan fingerprint density at radius 3 is 2.48 bits per heavy atom. The Labute approximate surface area is 168 Å². The van der Waals surface area contributed by atoms with Crippen LogP contribution in [0.1, 0.15) is 42.8 Å². The third-order valence-corrected chi connectivity index (χ3v) is 5.74. The normalized spacial score (nSPS) is 11.3. The third kappa shape index (κ3) is 4.71. The van der Waals surface area contributed by atoms with Crippen molar-refractivity contribution in [1.29, 1.82) is 0 Å². The van der Waals surface area contributed by atoms with Crippen LogP contribution in [0.4, 0.5) is 0 Å². The molecule has 0 saturated carbocycles. The Balaban J connectivity index is 1.63. The Morgan fingerprint density at radius 2 is 1.85 bits per heavy atom. The number of hydrogen-bond donors (Lipinski definition) is 0. The second-order valence-corrected chi connectivity index (χ2v) is 8.33. The fourth-order valence-electron chi connectivity index (χ4n) is 2.83. The molecular formula is C22H21ClO3S. The lowest BCUT2D eigenvalue weighted by molar-refractivity contribution is 0.104. The number of aryl methyl sites for hydroxylation is 4. The van der Waals surface area contributed by atoms with Gasteiger partial charge in [0, 0.05) is 20.3 Å². The van der Waals surface area contributed by atoms with Gasteiger partial charge in [0.15, 0.2) is 5.78 Å². The van der Waals surface area contributed by atoms with Crippen LogP contribution in [0.25, 0.3) is 6.08 Å². The summed E-state index contributed by atoms with van der Waals surface area (Å²) >= 11 is 7.80. The van der Waals surface area contributed by atoms with E-state index in [-0.39, 0.29) is 5.78 Å². The lowest BCUT2D eigenvalue weighted by Gasteiger charge is -2.08. The lowest BCUT2D eigenvalue weighted by Crippen LogP contribution is -1.95. The molecule has 5 heteroatoms. The monoisotopic (exact) mass is 400 g/mol. The summed E-state index contributed by atoms with van der Waals surface area (Å²) in [6.45, 7) is 8.17. The minimum absolute atomic E-state index is 0.0156. The van der Waals surface area contributed by atoms with E-state index in [1.54, 1.807) is 23.5 Å². The molecular weight excluding hydrogens is 380 g/mol. The molecule has 0 atom stereocenters. The molecule has 0 fully saturated rings. The van der Waals surface area contributed by atoms with Gasteiger partial charge in [0.1, 0.15) is 23.9 Å². The molecule has 0 N–H and O–H groups in total. The first-order valence-electron chi connectivity index (χ1n) is 8.61. The maximum Gasteiger partial charge on any atom is 0.187 e. The fourth-order valence-corrected chi connectivity index (χ4v) is 3.87. The van der Waals surface area contributed by atoms with E-state index in [1.807, 2.05) is 58.0 Å². The van der Waals surface area contributed by atoms with E-state index in [0.717, 1.165) is 37.2 Å². The molecule has 140 valence electrons. The molecule has 0 radical (unpaired) electrons. The van der Waals surface area contributed by atoms with Crippen molar-refractivity contribution in [2.45, 2.75) is 34.3 Å². The van der Waals surface area contributed by atoms with Gasteiger partial charge in [-0.1, -0.05) is 11.6 Å².